The second-order valence-corrected chi connectivity index (χ2v) is 5.92. The zero-order chi connectivity index (χ0) is 14.8. The molecule has 1 fully saturated rings. The summed E-state index contributed by atoms with van der Waals surface area (Å²) >= 11 is 0. The quantitative estimate of drug-likeness (QED) is 0.883. The molecule has 3 rings (SSSR count). The Bertz CT molecular complexity index is 607. The number of rotatable bonds is 6. The number of hydrogen-bond acceptors (Lipinski definition) is 5. The molecule has 0 aliphatic heterocycles. The van der Waals surface area contributed by atoms with Gasteiger partial charge in [0.05, 0.1) is 12.6 Å². The van der Waals surface area contributed by atoms with Crippen molar-refractivity contribution in [1.82, 2.24) is 15.1 Å². The summed E-state index contributed by atoms with van der Waals surface area (Å²) in [5.74, 6) is 1.62. The van der Waals surface area contributed by atoms with Crippen molar-refractivity contribution < 1.29 is 9.52 Å². The van der Waals surface area contributed by atoms with Crippen molar-refractivity contribution in [3.63, 3.8) is 0 Å². The van der Waals surface area contributed by atoms with E-state index >= 15 is 0 Å². The van der Waals surface area contributed by atoms with Gasteiger partial charge in [-0.15, -0.1) is 10.2 Å². The average Bonchev–Trinajstić information content (AvgIpc) is 3.21. The van der Waals surface area contributed by atoms with Gasteiger partial charge < -0.3 is 9.52 Å². The zero-order valence-electron chi connectivity index (χ0n) is 12.5. The number of aliphatic hydroxyl groups is 1. The van der Waals surface area contributed by atoms with E-state index in [1.807, 2.05) is 43.1 Å². The van der Waals surface area contributed by atoms with E-state index in [1.54, 1.807) is 0 Å². The summed E-state index contributed by atoms with van der Waals surface area (Å²) in [6, 6.07) is 7.96. The molecule has 0 bridgehead atoms. The molecule has 1 aromatic carbocycles. The van der Waals surface area contributed by atoms with Crippen LogP contribution in [0.1, 0.15) is 24.3 Å². The third-order valence-corrected chi connectivity index (χ3v) is 3.91. The molecule has 1 aromatic heterocycles. The lowest BCUT2D eigenvalue weighted by molar-refractivity contribution is 0.100. The number of aromatic nitrogens is 2. The van der Waals surface area contributed by atoms with Gasteiger partial charge in [0.1, 0.15) is 0 Å². The summed E-state index contributed by atoms with van der Waals surface area (Å²) in [4.78, 5) is 2.03. The first-order valence-electron chi connectivity index (χ1n) is 7.38. The van der Waals surface area contributed by atoms with Crippen molar-refractivity contribution >= 4 is 0 Å². The van der Waals surface area contributed by atoms with Crippen molar-refractivity contribution in [2.75, 3.05) is 13.6 Å². The van der Waals surface area contributed by atoms with Crippen molar-refractivity contribution in [3.8, 4) is 11.5 Å². The highest BCUT2D eigenvalue weighted by atomic mass is 16.4. The molecule has 0 spiro atoms. The van der Waals surface area contributed by atoms with Gasteiger partial charge in [-0.1, -0.05) is 18.2 Å². The lowest BCUT2D eigenvalue weighted by atomic mass is 10.1. The van der Waals surface area contributed by atoms with Crippen LogP contribution in [0.25, 0.3) is 11.5 Å². The van der Waals surface area contributed by atoms with Crippen LogP contribution in [0.5, 0.6) is 0 Å². The molecule has 1 unspecified atom stereocenters. The van der Waals surface area contributed by atoms with Crippen molar-refractivity contribution in [1.29, 1.82) is 0 Å². The maximum absolute atomic E-state index is 9.95. The van der Waals surface area contributed by atoms with Crippen LogP contribution in [0.2, 0.25) is 0 Å². The topological polar surface area (TPSA) is 62.4 Å². The average molecular weight is 287 g/mol. The van der Waals surface area contributed by atoms with Crippen LogP contribution in [0.3, 0.4) is 0 Å². The van der Waals surface area contributed by atoms with Gasteiger partial charge in [-0.05, 0) is 44.4 Å². The third-order valence-electron chi connectivity index (χ3n) is 3.91. The Morgan fingerprint density at radius 1 is 1.33 bits per heavy atom. The molecule has 1 heterocycles. The molecule has 0 radical (unpaired) electrons. The summed E-state index contributed by atoms with van der Waals surface area (Å²) < 4.78 is 5.73. The second kappa shape index (κ2) is 5.95. The minimum atomic E-state index is -0.242. The molecule has 1 atom stereocenters. The predicted octanol–water partition coefficient (Wildman–Crippen LogP) is 2.25. The largest absolute Gasteiger partial charge is 0.419 e. The van der Waals surface area contributed by atoms with Crippen LogP contribution in [0, 0.1) is 12.8 Å². The summed E-state index contributed by atoms with van der Waals surface area (Å²) in [5.41, 5.74) is 2.09. The Labute approximate surface area is 124 Å². The summed E-state index contributed by atoms with van der Waals surface area (Å²) in [6.45, 7) is 3.23. The van der Waals surface area contributed by atoms with Crippen LogP contribution in [-0.4, -0.2) is 39.9 Å². The SMILES string of the molecule is Cc1ccccc1-c1nnc(CN(C)CC(O)C2CC2)o1. The van der Waals surface area contributed by atoms with Gasteiger partial charge in [-0.25, -0.2) is 0 Å². The first-order valence-corrected chi connectivity index (χ1v) is 7.38. The van der Waals surface area contributed by atoms with Crippen LogP contribution < -0.4 is 0 Å². The summed E-state index contributed by atoms with van der Waals surface area (Å²) in [6.07, 6.45) is 2.05. The number of hydrogen-bond donors (Lipinski definition) is 1. The Hall–Kier alpha value is -1.72. The predicted molar refractivity (Wildman–Crippen MR) is 79.5 cm³/mol. The fourth-order valence-corrected chi connectivity index (χ4v) is 2.48. The van der Waals surface area contributed by atoms with E-state index < -0.39 is 0 Å². The van der Waals surface area contributed by atoms with Gasteiger partial charge in [0.25, 0.3) is 0 Å². The molecule has 5 heteroatoms. The highest BCUT2D eigenvalue weighted by molar-refractivity contribution is 5.57. The van der Waals surface area contributed by atoms with Gasteiger partial charge in [0.15, 0.2) is 0 Å². The number of aryl methyl sites for hydroxylation is 1. The van der Waals surface area contributed by atoms with Crippen LogP contribution in [-0.2, 0) is 6.54 Å². The molecule has 0 saturated heterocycles. The monoisotopic (exact) mass is 287 g/mol. The summed E-state index contributed by atoms with van der Waals surface area (Å²) in [5, 5.41) is 18.2. The molecule has 21 heavy (non-hydrogen) atoms. The van der Waals surface area contributed by atoms with Gasteiger partial charge in [-0.2, -0.15) is 0 Å². The fraction of sp³-hybridized carbons (Fsp3) is 0.500. The molecule has 1 saturated carbocycles. The molecule has 0 amide bonds. The number of likely N-dealkylation sites (N-methyl/N-ethyl adjacent to an activating group) is 1. The van der Waals surface area contributed by atoms with E-state index in [4.69, 9.17) is 4.42 Å². The Balaban J connectivity index is 1.63. The highest BCUT2D eigenvalue weighted by Gasteiger charge is 2.30. The van der Waals surface area contributed by atoms with E-state index in [2.05, 4.69) is 10.2 Å². The summed E-state index contributed by atoms with van der Waals surface area (Å²) in [7, 11) is 1.96. The Kier molecular flexibility index (Phi) is 4.03. The lowest BCUT2D eigenvalue weighted by Gasteiger charge is -2.18. The van der Waals surface area contributed by atoms with Crippen LogP contribution in [0.15, 0.2) is 28.7 Å². The highest BCUT2D eigenvalue weighted by Crippen LogP contribution is 2.32. The fourth-order valence-electron chi connectivity index (χ4n) is 2.48. The molecule has 1 N–H and O–H groups in total. The van der Waals surface area contributed by atoms with E-state index in [-0.39, 0.29) is 6.10 Å². The number of nitrogens with zero attached hydrogens (tertiary/aromatic N) is 3. The van der Waals surface area contributed by atoms with Crippen molar-refractivity contribution in [2.24, 2.45) is 5.92 Å². The Morgan fingerprint density at radius 2 is 2.10 bits per heavy atom. The molecule has 1 aliphatic carbocycles. The first kappa shape index (κ1) is 14.2. The van der Waals surface area contributed by atoms with Crippen molar-refractivity contribution in [2.45, 2.75) is 32.4 Å². The minimum absolute atomic E-state index is 0.242. The van der Waals surface area contributed by atoms with Crippen LogP contribution >= 0.6 is 0 Å². The van der Waals surface area contributed by atoms with Gasteiger partial charge in [0.2, 0.25) is 11.8 Å². The van der Waals surface area contributed by atoms with E-state index in [0.717, 1.165) is 24.0 Å². The number of aliphatic hydroxyl groups excluding tert-OH is 1. The number of benzene rings is 1. The van der Waals surface area contributed by atoms with Gasteiger partial charge in [-0.3, -0.25) is 4.90 Å². The third kappa shape index (κ3) is 3.49. The van der Waals surface area contributed by atoms with Crippen molar-refractivity contribution in [3.05, 3.63) is 35.7 Å². The molecular formula is C16H21N3O2. The maximum atomic E-state index is 9.95. The smallest absolute Gasteiger partial charge is 0.248 e. The molecule has 1 aliphatic rings. The normalized spacial score (nSPS) is 16.4. The standard InChI is InChI=1S/C16H21N3O2/c1-11-5-3-4-6-13(11)16-18-17-15(21-16)10-19(2)9-14(20)12-7-8-12/h3-6,12,14,20H,7-10H2,1-2H3. The maximum Gasteiger partial charge on any atom is 0.248 e. The molecule has 5 nitrogen and oxygen atoms in total. The van der Waals surface area contributed by atoms with Crippen LogP contribution in [0.4, 0.5) is 0 Å². The molecular weight excluding hydrogens is 266 g/mol. The minimum Gasteiger partial charge on any atom is -0.419 e. The van der Waals surface area contributed by atoms with E-state index in [0.29, 0.717) is 30.8 Å². The Morgan fingerprint density at radius 3 is 2.81 bits per heavy atom. The van der Waals surface area contributed by atoms with E-state index in [1.165, 1.54) is 0 Å². The molecule has 2 aromatic rings. The zero-order valence-corrected chi connectivity index (χ0v) is 12.5. The van der Waals surface area contributed by atoms with E-state index in [9.17, 15) is 5.11 Å². The van der Waals surface area contributed by atoms with Gasteiger partial charge in [0, 0.05) is 12.1 Å². The molecule has 112 valence electrons. The second-order valence-electron chi connectivity index (χ2n) is 5.92. The first-order chi connectivity index (χ1) is 10.1. The lowest BCUT2D eigenvalue weighted by Crippen LogP contribution is -2.30. The van der Waals surface area contributed by atoms with Gasteiger partial charge >= 0.3 is 0 Å².